The lowest BCUT2D eigenvalue weighted by atomic mass is 10.3. The number of aromatic nitrogens is 1. The Kier molecular flexibility index (Phi) is 7.87. The van der Waals surface area contributed by atoms with Gasteiger partial charge < -0.3 is 15.9 Å². The fraction of sp³-hybridized carbons (Fsp3) is 0.182. The Hall–Kier alpha value is -2.21. The van der Waals surface area contributed by atoms with Gasteiger partial charge in [-0.1, -0.05) is 6.07 Å². The molecule has 0 aromatic carbocycles. The van der Waals surface area contributed by atoms with E-state index in [2.05, 4.69) is 4.98 Å². The van der Waals surface area contributed by atoms with E-state index in [1.807, 2.05) is 18.2 Å². The molecule has 0 spiro atoms. The van der Waals surface area contributed by atoms with Gasteiger partial charge in [0, 0.05) is 30.5 Å². The Morgan fingerprint density at radius 1 is 1.24 bits per heavy atom. The van der Waals surface area contributed by atoms with Crippen molar-refractivity contribution in [3.05, 3.63) is 42.2 Å². The normalized spacial score (nSPS) is 9.47. The van der Waals surface area contributed by atoms with Crippen molar-refractivity contribution in [3.63, 3.8) is 0 Å². The zero-order valence-corrected chi connectivity index (χ0v) is 9.11. The van der Waals surface area contributed by atoms with Gasteiger partial charge in [-0.25, -0.2) is 9.59 Å². The summed E-state index contributed by atoms with van der Waals surface area (Å²) in [6, 6.07) is 5.85. The first-order valence-electron chi connectivity index (χ1n) is 4.80. The van der Waals surface area contributed by atoms with E-state index in [1.54, 1.807) is 6.20 Å². The minimum absolute atomic E-state index is 0.558. The van der Waals surface area contributed by atoms with Crippen LogP contribution in [-0.4, -0.2) is 33.7 Å². The van der Waals surface area contributed by atoms with Crippen molar-refractivity contribution < 1.29 is 19.8 Å². The van der Waals surface area contributed by atoms with Crippen molar-refractivity contribution >= 4 is 11.9 Å². The van der Waals surface area contributed by atoms with Gasteiger partial charge in [-0.05, 0) is 18.7 Å². The average Bonchev–Trinajstić information content (AvgIpc) is 2.29. The summed E-state index contributed by atoms with van der Waals surface area (Å²) in [5.41, 5.74) is 6.39. The van der Waals surface area contributed by atoms with Crippen LogP contribution in [0.15, 0.2) is 36.5 Å². The SMILES string of the molecule is NCCc1ccccn1.O=C(O)/C=C/C(=O)O. The van der Waals surface area contributed by atoms with Crippen LogP contribution in [0.5, 0.6) is 0 Å². The summed E-state index contributed by atoms with van der Waals surface area (Å²) in [6.45, 7) is 0.678. The van der Waals surface area contributed by atoms with Gasteiger partial charge in [-0.3, -0.25) is 4.98 Å². The van der Waals surface area contributed by atoms with E-state index in [1.165, 1.54) is 0 Å². The molecule has 0 unspecified atom stereocenters. The number of aliphatic carboxylic acids is 2. The Balaban J connectivity index is 0.000000304. The highest BCUT2D eigenvalue weighted by atomic mass is 16.4. The predicted molar refractivity (Wildman–Crippen MR) is 61.4 cm³/mol. The molecule has 1 aromatic rings. The highest BCUT2D eigenvalue weighted by Crippen LogP contribution is 1.91. The maximum atomic E-state index is 9.55. The second-order valence-electron chi connectivity index (χ2n) is 2.87. The van der Waals surface area contributed by atoms with E-state index in [4.69, 9.17) is 15.9 Å². The van der Waals surface area contributed by atoms with E-state index in [-0.39, 0.29) is 0 Å². The Labute approximate surface area is 98.4 Å². The molecule has 0 amide bonds. The van der Waals surface area contributed by atoms with Crippen molar-refractivity contribution in [2.75, 3.05) is 6.54 Å². The second-order valence-corrected chi connectivity index (χ2v) is 2.87. The molecule has 0 atom stereocenters. The van der Waals surface area contributed by atoms with Crippen molar-refractivity contribution in [2.45, 2.75) is 6.42 Å². The molecule has 6 heteroatoms. The molecule has 0 saturated heterocycles. The smallest absolute Gasteiger partial charge is 0.328 e. The molecule has 0 fully saturated rings. The first kappa shape index (κ1) is 14.8. The standard InChI is InChI=1S/C7H10N2.C4H4O4/c8-5-4-7-3-1-2-6-9-7;5-3(6)1-2-4(7)8/h1-3,6H,4-5,8H2;1-2H,(H,5,6)(H,7,8)/b;2-1+. The summed E-state index contributed by atoms with van der Waals surface area (Å²) in [7, 11) is 0. The van der Waals surface area contributed by atoms with Crippen molar-refractivity contribution in [2.24, 2.45) is 5.73 Å². The molecule has 0 aliphatic rings. The van der Waals surface area contributed by atoms with Gasteiger partial charge in [0.15, 0.2) is 0 Å². The summed E-state index contributed by atoms with van der Waals surface area (Å²) in [5, 5.41) is 15.6. The molecule has 1 heterocycles. The van der Waals surface area contributed by atoms with Crippen LogP contribution in [0.3, 0.4) is 0 Å². The van der Waals surface area contributed by atoms with Gasteiger partial charge >= 0.3 is 11.9 Å². The largest absolute Gasteiger partial charge is 0.478 e. The van der Waals surface area contributed by atoms with Crippen molar-refractivity contribution in [1.82, 2.24) is 4.98 Å². The molecule has 17 heavy (non-hydrogen) atoms. The molecule has 4 N–H and O–H groups in total. The minimum Gasteiger partial charge on any atom is -0.478 e. The molecular formula is C11H14N2O4. The van der Waals surface area contributed by atoms with Crippen LogP contribution in [0, 0.1) is 0 Å². The third kappa shape index (κ3) is 10.1. The molecule has 0 aliphatic carbocycles. The number of carbonyl (C=O) groups is 2. The maximum Gasteiger partial charge on any atom is 0.328 e. The van der Waals surface area contributed by atoms with Crippen LogP contribution >= 0.6 is 0 Å². The van der Waals surface area contributed by atoms with Gasteiger partial charge in [0.25, 0.3) is 0 Å². The van der Waals surface area contributed by atoms with Crippen LogP contribution in [0.1, 0.15) is 5.69 Å². The van der Waals surface area contributed by atoms with E-state index in [9.17, 15) is 9.59 Å². The minimum atomic E-state index is -1.26. The van der Waals surface area contributed by atoms with E-state index < -0.39 is 11.9 Å². The zero-order chi connectivity index (χ0) is 13.1. The fourth-order valence-electron chi connectivity index (χ4n) is 0.836. The van der Waals surface area contributed by atoms with Crippen LogP contribution < -0.4 is 5.73 Å². The predicted octanol–water partition coefficient (Wildman–Crippen LogP) is 0.295. The number of carboxylic acids is 2. The third-order valence-electron chi connectivity index (χ3n) is 1.50. The topological polar surface area (TPSA) is 114 Å². The van der Waals surface area contributed by atoms with Crippen LogP contribution in [0.4, 0.5) is 0 Å². The van der Waals surface area contributed by atoms with Crippen LogP contribution in [-0.2, 0) is 16.0 Å². The van der Waals surface area contributed by atoms with Crippen molar-refractivity contribution in [3.8, 4) is 0 Å². The van der Waals surface area contributed by atoms with E-state index in [0.717, 1.165) is 12.1 Å². The molecule has 0 saturated carbocycles. The van der Waals surface area contributed by atoms with Gasteiger partial charge in [0.05, 0.1) is 0 Å². The summed E-state index contributed by atoms with van der Waals surface area (Å²) >= 11 is 0. The van der Waals surface area contributed by atoms with Crippen LogP contribution in [0.25, 0.3) is 0 Å². The van der Waals surface area contributed by atoms with Gasteiger partial charge in [0.2, 0.25) is 0 Å². The lowest BCUT2D eigenvalue weighted by Crippen LogP contribution is -2.03. The lowest BCUT2D eigenvalue weighted by molar-refractivity contribution is -0.134. The Morgan fingerprint density at radius 2 is 1.82 bits per heavy atom. The number of hydrogen-bond acceptors (Lipinski definition) is 4. The molecule has 6 nitrogen and oxygen atoms in total. The fourth-order valence-corrected chi connectivity index (χ4v) is 0.836. The molecular weight excluding hydrogens is 224 g/mol. The molecule has 0 bridgehead atoms. The maximum absolute atomic E-state index is 9.55. The quantitative estimate of drug-likeness (QED) is 0.650. The Morgan fingerprint density at radius 3 is 2.18 bits per heavy atom. The number of hydrogen-bond donors (Lipinski definition) is 3. The summed E-state index contributed by atoms with van der Waals surface area (Å²) < 4.78 is 0. The zero-order valence-electron chi connectivity index (χ0n) is 9.11. The highest BCUT2D eigenvalue weighted by Gasteiger charge is 1.88. The van der Waals surface area contributed by atoms with Crippen LogP contribution in [0.2, 0.25) is 0 Å². The van der Waals surface area contributed by atoms with Gasteiger partial charge in [-0.15, -0.1) is 0 Å². The molecule has 92 valence electrons. The van der Waals surface area contributed by atoms with Gasteiger partial charge in [-0.2, -0.15) is 0 Å². The monoisotopic (exact) mass is 238 g/mol. The van der Waals surface area contributed by atoms with Crippen molar-refractivity contribution in [1.29, 1.82) is 0 Å². The number of nitrogens with two attached hydrogens (primary N) is 1. The average molecular weight is 238 g/mol. The first-order chi connectivity index (χ1) is 8.06. The number of carboxylic acid groups (broad SMARTS) is 2. The van der Waals surface area contributed by atoms with Gasteiger partial charge in [0.1, 0.15) is 0 Å². The van der Waals surface area contributed by atoms with E-state index >= 15 is 0 Å². The summed E-state index contributed by atoms with van der Waals surface area (Å²) in [4.78, 5) is 23.2. The summed E-state index contributed by atoms with van der Waals surface area (Å²) in [5.74, 6) is -2.51. The summed E-state index contributed by atoms with van der Waals surface area (Å²) in [6.07, 6.45) is 3.77. The first-order valence-corrected chi connectivity index (χ1v) is 4.80. The number of rotatable bonds is 4. The number of pyridine rings is 1. The molecule has 0 aliphatic heterocycles. The Bertz CT molecular complexity index is 360. The lowest BCUT2D eigenvalue weighted by Gasteiger charge is -1.92. The molecule has 1 aromatic heterocycles. The highest BCUT2D eigenvalue weighted by molar-refractivity contribution is 5.89. The molecule has 1 rings (SSSR count). The molecule has 0 radical (unpaired) electrons. The van der Waals surface area contributed by atoms with E-state index in [0.29, 0.717) is 18.7 Å². The number of nitrogens with zero attached hydrogens (tertiary/aromatic N) is 1. The second kappa shape index (κ2) is 9.05. The third-order valence-corrected chi connectivity index (χ3v) is 1.50.